The number of pyridine rings is 1. The van der Waals surface area contributed by atoms with Crippen LogP contribution in [0.3, 0.4) is 0 Å². The maximum absolute atomic E-state index is 12.5. The first-order chi connectivity index (χ1) is 11.4. The molecule has 3 heterocycles. The molecule has 0 radical (unpaired) electrons. The maximum Gasteiger partial charge on any atom is 0.170 e. The number of thioether (sulfide) groups is 1. The molecule has 2 N–H and O–H groups in total. The molecule has 0 aliphatic carbocycles. The Balaban J connectivity index is 1.85. The maximum atomic E-state index is 12.5. The van der Waals surface area contributed by atoms with Crippen molar-refractivity contribution in [3.63, 3.8) is 0 Å². The summed E-state index contributed by atoms with van der Waals surface area (Å²) in [6.45, 7) is 5.72. The van der Waals surface area contributed by atoms with Gasteiger partial charge in [-0.1, -0.05) is 11.8 Å². The number of nitrogens with two attached hydrogens (primary N) is 1. The summed E-state index contributed by atoms with van der Waals surface area (Å²) in [6, 6.07) is 3.81. The van der Waals surface area contributed by atoms with Crippen molar-refractivity contribution in [3.8, 4) is 0 Å². The number of hydrogen-bond donors (Lipinski definition) is 1. The summed E-state index contributed by atoms with van der Waals surface area (Å²) in [5.41, 5.74) is 8.03. The van der Waals surface area contributed by atoms with E-state index in [1.807, 2.05) is 26.1 Å². The zero-order chi connectivity index (χ0) is 17.3. The average Bonchev–Trinajstić information content (AvgIpc) is 2.86. The van der Waals surface area contributed by atoms with Crippen molar-refractivity contribution in [1.29, 1.82) is 0 Å². The first kappa shape index (κ1) is 16.8. The minimum absolute atomic E-state index is 0.0377. The van der Waals surface area contributed by atoms with Crippen LogP contribution in [-0.2, 0) is 12.0 Å². The minimum Gasteiger partial charge on any atom is -0.466 e. The quantitative estimate of drug-likeness (QED) is 0.861. The van der Waals surface area contributed by atoms with Gasteiger partial charge in [0.05, 0.1) is 11.1 Å². The second-order valence-electron chi connectivity index (χ2n) is 6.33. The molecule has 0 amide bonds. The van der Waals surface area contributed by atoms with Gasteiger partial charge in [-0.05, 0) is 50.5 Å². The third kappa shape index (κ3) is 3.38. The zero-order valence-corrected chi connectivity index (χ0v) is 14.9. The lowest BCUT2D eigenvalue weighted by molar-refractivity contribution is 0.0991. The van der Waals surface area contributed by atoms with Crippen molar-refractivity contribution in [2.45, 2.75) is 39.2 Å². The Morgan fingerprint density at radius 1 is 1.38 bits per heavy atom. The topological polar surface area (TPSA) is 81.5 Å². The Kier molecular flexibility index (Phi) is 4.49. The van der Waals surface area contributed by atoms with E-state index in [4.69, 9.17) is 10.2 Å². The molecule has 0 bridgehead atoms. The molecule has 0 spiro atoms. The van der Waals surface area contributed by atoms with Crippen molar-refractivity contribution in [2.24, 2.45) is 10.7 Å². The normalized spacial score (nSPS) is 20.7. The smallest absolute Gasteiger partial charge is 0.170 e. The number of aryl methyl sites for hydroxylation is 2. The highest BCUT2D eigenvalue weighted by atomic mass is 32.2. The molecule has 1 aliphatic rings. The van der Waals surface area contributed by atoms with Gasteiger partial charge < -0.3 is 10.2 Å². The van der Waals surface area contributed by atoms with Crippen molar-refractivity contribution >= 4 is 22.7 Å². The van der Waals surface area contributed by atoms with Gasteiger partial charge in [-0.2, -0.15) is 0 Å². The third-order valence-electron chi connectivity index (χ3n) is 4.32. The average molecular weight is 343 g/mol. The Bertz CT molecular complexity index is 812. The Labute approximate surface area is 145 Å². The molecule has 0 aromatic carbocycles. The molecular weight excluding hydrogens is 322 g/mol. The molecule has 5 nitrogen and oxygen atoms in total. The van der Waals surface area contributed by atoms with Gasteiger partial charge in [-0.15, -0.1) is 0 Å². The molecule has 0 unspecified atom stereocenters. The van der Waals surface area contributed by atoms with Crippen LogP contribution >= 0.6 is 11.8 Å². The van der Waals surface area contributed by atoms with Gasteiger partial charge in [0.2, 0.25) is 0 Å². The highest BCUT2D eigenvalue weighted by molar-refractivity contribution is 8.13. The molecule has 2 aromatic heterocycles. The van der Waals surface area contributed by atoms with Crippen molar-refractivity contribution in [2.75, 3.05) is 5.75 Å². The number of ketones is 1. The molecule has 1 atom stereocenters. The molecule has 126 valence electrons. The van der Waals surface area contributed by atoms with Gasteiger partial charge in [0.15, 0.2) is 11.0 Å². The van der Waals surface area contributed by atoms with Gasteiger partial charge in [0, 0.05) is 24.6 Å². The number of aromatic nitrogens is 1. The predicted molar refractivity (Wildman–Crippen MR) is 96.5 cm³/mol. The predicted octanol–water partition coefficient (Wildman–Crippen LogP) is 3.38. The van der Waals surface area contributed by atoms with E-state index in [1.54, 1.807) is 24.0 Å². The molecule has 0 fully saturated rings. The number of carbonyl (C=O) groups is 1. The molecule has 6 heteroatoms. The van der Waals surface area contributed by atoms with Gasteiger partial charge >= 0.3 is 0 Å². The molecular formula is C18H21N3O2S. The van der Waals surface area contributed by atoms with E-state index in [0.29, 0.717) is 22.9 Å². The monoisotopic (exact) mass is 343 g/mol. The van der Waals surface area contributed by atoms with E-state index >= 15 is 0 Å². The van der Waals surface area contributed by atoms with E-state index in [0.717, 1.165) is 29.1 Å². The summed E-state index contributed by atoms with van der Waals surface area (Å²) in [5, 5.41) is 0.606. The Morgan fingerprint density at radius 2 is 2.17 bits per heavy atom. The number of Topliss-reactive ketones (excluding diaryl/α,β-unsaturated/α-hetero) is 1. The van der Waals surface area contributed by atoms with Crippen LogP contribution in [0.1, 0.15) is 46.3 Å². The summed E-state index contributed by atoms with van der Waals surface area (Å²) in [7, 11) is 0. The van der Waals surface area contributed by atoms with Crippen LogP contribution in [0.2, 0.25) is 0 Å². The fraction of sp³-hybridized carbons (Fsp3) is 0.389. The number of aliphatic imine (C=N–C) groups is 1. The van der Waals surface area contributed by atoms with Crippen LogP contribution in [0.15, 0.2) is 33.9 Å². The largest absolute Gasteiger partial charge is 0.466 e. The molecule has 0 saturated heterocycles. The summed E-state index contributed by atoms with van der Waals surface area (Å²) < 4.78 is 5.45. The zero-order valence-electron chi connectivity index (χ0n) is 14.1. The summed E-state index contributed by atoms with van der Waals surface area (Å²) >= 11 is 1.57. The van der Waals surface area contributed by atoms with Gasteiger partial charge in [-0.25, -0.2) is 0 Å². The molecule has 0 saturated carbocycles. The minimum atomic E-state index is -0.371. The fourth-order valence-electron chi connectivity index (χ4n) is 2.96. The van der Waals surface area contributed by atoms with E-state index < -0.39 is 0 Å². The van der Waals surface area contributed by atoms with Gasteiger partial charge in [0.1, 0.15) is 11.5 Å². The third-order valence-corrected chi connectivity index (χ3v) is 5.11. The first-order valence-electron chi connectivity index (χ1n) is 7.90. The lowest BCUT2D eigenvalue weighted by Crippen LogP contribution is -2.29. The summed E-state index contributed by atoms with van der Waals surface area (Å²) in [6.07, 6.45) is 4.74. The number of rotatable bonds is 4. The second kappa shape index (κ2) is 6.43. The highest BCUT2D eigenvalue weighted by Crippen LogP contribution is 2.35. The van der Waals surface area contributed by atoms with E-state index in [-0.39, 0.29) is 11.3 Å². The van der Waals surface area contributed by atoms with Crippen LogP contribution in [0.5, 0.6) is 0 Å². The second-order valence-corrected chi connectivity index (χ2v) is 7.45. The number of amidine groups is 1. The van der Waals surface area contributed by atoms with E-state index in [9.17, 15) is 4.79 Å². The Morgan fingerprint density at radius 3 is 2.83 bits per heavy atom. The van der Waals surface area contributed by atoms with Crippen molar-refractivity contribution in [3.05, 3.63) is 52.7 Å². The molecule has 3 rings (SSSR count). The standard InChI is InChI=1S/C18H21N3O2S/c1-11-6-15(12(2)23-11)16(22)8-13-7-14(10-20-9-13)18(3)4-5-24-17(19)21-18/h6-7,9-10H,4-5,8H2,1-3H3,(H2,19,21)/t18-/m0/s1. The lowest BCUT2D eigenvalue weighted by Gasteiger charge is -2.29. The summed E-state index contributed by atoms with van der Waals surface area (Å²) in [5.74, 6) is 2.38. The SMILES string of the molecule is Cc1cc(C(=O)Cc2cncc([C@]3(C)CCSC(N)=N3)c2)c(C)o1. The fourth-order valence-corrected chi connectivity index (χ4v) is 3.94. The lowest BCUT2D eigenvalue weighted by atomic mass is 9.89. The number of hydrogen-bond acceptors (Lipinski definition) is 6. The van der Waals surface area contributed by atoms with Crippen LogP contribution in [-0.4, -0.2) is 21.7 Å². The van der Waals surface area contributed by atoms with Crippen LogP contribution < -0.4 is 5.73 Å². The van der Waals surface area contributed by atoms with E-state index in [1.165, 1.54) is 0 Å². The highest BCUT2D eigenvalue weighted by Gasteiger charge is 2.30. The first-order valence-corrected chi connectivity index (χ1v) is 8.89. The summed E-state index contributed by atoms with van der Waals surface area (Å²) in [4.78, 5) is 21.4. The van der Waals surface area contributed by atoms with Crippen LogP contribution in [0, 0.1) is 13.8 Å². The Hall–Kier alpha value is -2.08. The molecule has 1 aliphatic heterocycles. The van der Waals surface area contributed by atoms with Gasteiger partial charge in [0.25, 0.3) is 0 Å². The molecule has 24 heavy (non-hydrogen) atoms. The number of nitrogens with zero attached hydrogens (tertiary/aromatic N) is 2. The van der Waals surface area contributed by atoms with Crippen molar-refractivity contribution in [1.82, 2.24) is 4.98 Å². The van der Waals surface area contributed by atoms with Gasteiger partial charge in [-0.3, -0.25) is 14.8 Å². The van der Waals surface area contributed by atoms with Crippen LogP contribution in [0.4, 0.5) is 0 Å². The van der Waals surface area contributed by atoms with E-state index in [2.05, 4.69) is 16.9 Å². The van der Waals surface area contributed by atoms with Crippen molar-refractivity contribution < 1.29 is 9.21 Å². The number of carbonyl (C=O) groups excluding carboxylic acids is 1. The van der Waals surface area contributed by atoms with Crippen LogP contribution in [0.25, 0.3) is 0 Å². The number of furan rings is 1. The molecule has 2 aromatic rings.